The Kier molecular flexibility index (Phi) is 32.0. The van der Waals surface area contributed by atoms with Crippen molar-refractivity contribution >= 4 is 11.8 Å². The average molecular weight is 607 g/mol. The van der Waals surface area contributed by atoms with Crippen LogP contribution < -0.4 is 11.5 Å². The number of unbranched alkanes of at least 4 members (excludes halogenated alkanes) is 20. The predicted molar refractivity (Wildman–Crippen MR) is 183 cm³/mol. The monoisotopic (exact) mass is 607 g/mol. The lowest BCUT2D eigenvalue weighted by atomic mass is 10.0. The Bertz CT molecular complexity index is 624. The maximum Gasteiger partial charge on any atom is 0.217 e. The standard InChI is InChI=1S/C37H70N2O4/c38-36(42)32-26-20-14-8-6-12-18-24-30-34(40)28-22-16-10-4-2-1-3-5-11-17-23-29-35(41)31-25-19-13-7-9-15-21-27-33-37(39)43/h18-19,24-25,34-35,40-41H,1-17,20-23,26-33H2,(H2,38,42)(H2,39,43)/b24-18-,25-19-. The zero-order valence-corrected chi connectivity index (χ0v) is 27.8. The van der Waals surface area contributed by atoms with Crippen LogP contribution in [0.5, 0.6) is 0 Å². The number of aliphatic hydroxyl groups excluding tert-OH is 2. The SMILES string of the molecule is NC(=O)CCCCCCC/C=C\CC(O)CCCCCCCCCCCCCC(O)C/C=C\CCCCCCCC(N)=O. The summed E-state index contributed by atoms with van der Waals surface area (Å²) in [5.41, 5.74) is 10.3. The van der Waals surface area contributed by atoms with E-state index in [-0.39, 0.29) is 24.0 Å². The first-order chi connectivity index (χ1) is 20.9. The third kappa shape index (κ3) is 36.4. The van der Waals surface area contributed by atoms with Crippen molar-refractivity contribution in [3.05, 3.63) is 24.3 Å². The number of primary amides is 2. The van der Waals surface area contributed by atoms with Crippen molar-refractivity contribution < 1.29 is 19.8 Å². The van der Waals surface area contributed by atoms with Gasteiger partial charge in [0.05, 0.1) is 12.2 Å². The van der Waals surface area contributed by atoms with Gasteiger partial charge < -0.3 is 21.7 Å². The van der Waals surface area contributed by atoms with Crippen LogP contribution >= 0.6 is 0 Å². The van der Waals surface area contributed by atoms with Gasteiger partial charge in [-0.25, -0.2) is 0 Å². The smallest absolute Gasteiger partial charge is 0.217 e. The van der Waals surface area contributed by atoms with E-state index in [9.17, 15) is 19.8 Å². The van der Waals surface area contributed by atoms with Crippen LogP contribution in [0.3, 0.4) is 0 Å². The van der Waals surface area contributed by atoms with Gasteiger partial charge in [0.1, 0.15) is 0 Å². The van der Waals surface area contributed by atoms with Gasteiger partial charge in [-0.1, -0.05) is 133 Å². The van der Waals surface area contributed by atoms with E-state index in [1.165, 1.54) is 96.3 Å². The molecule has 2 atom stereocenters. The highest BCUT2D eigenvalue weighted by Gasteiger charge is 2.03. The molecule has 0 bridgehead atoms. The third-order valence-corrected chi connectivity index (χ3v) is 8.31. The highest BCUT2D eigenvalue weighted by Crippen LogP contribution is 2.15. The Morgan fingerprint density at radius 3 is 1.02 bits per heavy atom. The number of aliphatic hydroxyl groups is 2. The lowest BCUT2D eigenvalue weighted by molar-refractivity contribution is -0.119. The lowest BCUT2D eigenvalue weighted by Crippen LogP contribution is -2.09. The molecule has 0 radical (unpaired) electrons. The fraction of sp³-hybridized carbons (Fsp3) is 0.838. The van der Waals surface area contributed by atoms with Crippen LogP contribution in [0.15, 0.2) is 24.3 Å². The van der Waals surface area contributed by atoms with E-state index in [2.05, 4.69) is 24.3 Å². The molecule has 0 saturated heterocycles. The molecule has 0 aromatic heterocycles. The lowest BCUT2D eigenvalue weighted by Gasteiger charge is -2.08. The van der Waals surface area contributed by atoms with Crippen molar-refractivity contribution in [3.8, 4) is 0 Å². The average Bonchev–Trinajstić information content (AvgIpc) is 2.97. The molecule has 0 aromatic carbocycles. The number of hydrogen-bond acceptors (Lipinski definition) is 4. The van der Waals surface area contributed by atoms with E-state index in [1.807, 2.05) is 0 Å². The van der Waals surface area contributed by atoms with Crippen LogP contribution in [0.2, 0.25) is 0 Å². The highest BCUT2D eigenvalue weighted by atomic mass is 16.3. The van der Waals surface area contributed by atoms with Gasteiger partial charge in [0, 0.05) is 12.8 Å². The number of hydrogen-bond donors (Lipinski definition) is 4. The van der Waals surface area contributed by atoms with Gasteiger partial charge in [-0.2, -0.15) is 0 Å². The molecule has 6 N–H and O–H groups in total. The Morgan fingerprint density at radius 1 is 0.419 bits per heavy atom. The number of nitrogens with two attached hydrogens (primary N) is 2. The second-order valence-corrected chi connectivity index (χ2v) is 12.7. The molecule has 0 aliphatic carbocycles. The first-order valence-corrected chi connectivity index (χ1v) is 18.1. The fourth-order valence-electron chi connectivity index (χ4n) is 5.51. The number of rotatable bonds is 34. The summed E-state index contributed by atoms with van der Waals surface area (Å²) >= 11 is 0. The van der Waals surface area contributed by atoms with Crippen LogP contribution in [-0.2, 0) is 9.59 Å². The maximum absolute atomic E-state index is 10.7. The first-order valence-electron chi connectivity index (χ1n) is 18.1. The largest absolute Gasteiger partial charge is 0.393 e. The van der Waals surface area contributed by atoms with E-state index in [0.29, 0.717) is 12.8 Å². The molecule has 252 valence electrons. The van der Waals surface area contributed by atoms with Crippen molar-refractivity contribution in [1.82, 2.24) is 0 Å². The molecular weight excluding hydrogens is 536 g/mol. The van der Waals surface area contributed by atoms with Gasteiger partial charge in [0.2, 0.25) is 11.8 Å². The minimum atomic E-state index is -0.198. The van der Waals surface area contributed by atoms with Crippen LogP contribution in [0.1, 0.15) is 186 Å². The van der Waals surface area contributed by atoms with Gasteiger partial charge in [-0.05, 0) is 64.2 Å². The van der Waals surface area contributed by atoms with Crippen LogP contribution in [0.25, 0.3) is 0 Å². The summed E-state index contributed by atoms with van der Waals surface area (Å²) in [6, 6.07) is 0. The molecule has 2 amide bonds. The van der Waals surface area contributed by atoms with E-state index in [0.717, 1.165) is 77.0 Å². The van der Waals surface area contributed by atoms with Crippen molar-refractivity contribution in [2.24, 2.45) is 11.5 Å². The third-order valence-electron chi connectivity index (χ3n) is 8.31. The molecular formula is C37H70N2O4. The Morgan fingerprint density at radius 2 is 0.698 bits per heavy atom. The molecule has 2 unspecified atom stereocenters. The first kappa shape index (κ1) is 41.3. The van der Waals surface area contributed by atoms with Crippen LogP contribution in [-0.4, -0.2) is 34.2 Å². The van der Waals surface area contributed by atoms with E-state index >= 15 is 0 Å². The fourth-order valence-corrected chi connectivity index (χ4v) is 5.51. The highest BCUT2D eigenvalue weighted by molar-refractivity contribution is 5.73. The molecule has 0 spiro atoms. The van der Waals surface area contributed by atoms with Gasteiger partial charge >= 0.3 is 0 Å². The molecule has 0 aliphatic rings. The molecule has 0 saturated carbocycles. The van der Waals surface area contributed by atoms with Crippen LogP contribution in [0.4, 0.5) is 0 Å². The summed E-state index contributed by atoms with van der Waals surface area (Å²) in [5.74, 6) is -0.390. The molecule has 6 heteroatoms. The maximum atomic E-state index is 10.7. The Balaban J connectivity index is 3.32. The number of allylic oxidation sites excluding steroid dienone is 2. The number of carbonyl (C=O) groups is 2. The topological polar surface area (TPSA) is 127 Å². The Labute approximate surface area is 265 Å². The second-order valence-electron chi connectivity index (χ2n) is 12.7. The number of carbonyl (C=O) groups excluding carboxylic acids is 2. The van der Waals surface area contributed by atoms with Crippen molar-refractivity contribution in [2.75, 3.05) is 0 Å². The molecule has 6 nitrogen and oxygen atoms in total. The van der Waals surface area contributed by atoms with E-state index < -0.39 is 0 Å². The van der Waals surface area contributed by atoms with Gasteiger partial charge in [-0.3, -0.25) is 9.59 Å². The molecule has 0 rings (SSSR count). The van der Waals surface area contributed by atoms with Gasteiger partial charge in [0.25, 0.3) is 0 Å². The summed E-state index contributed by atoms with van der Waals surface area (Å²) in [4.78, 5) is 21.4. The zero-order chi connectivity index (χ0) is 31.6. The molecule has 0 aromatic rings. The number of amides is 2. The van der Waals surface area contributed by atoms with Crippen molar-refractivity contribution in [3.63, 3.8) is 0 Å². The molecule has 0 aliphatic heterocycles. The summed E-state index contributed by atoms with van der Waals surface area (Å²) in [6.45, 7) is 0. The summed E-state index contributed by atoms with van der Waals surface area (Å²) in [6.07, 6.45) is 39.9. The minimum absolute atomic E-state index is 0.195. The predicted octanol–water partition coefficient (Wildman–Crippen LogP) is 9.10. The molecule has 43 heavy (non-hydrogen) atoms. The normalized spacial score (nSPS) is 13.3. The van der Waals surface area contributed by atoms with E-state index in [1.54, 1.807) is 0 Å². The molecule has 0 fully saturated rings. The summed E-state index contributed by atoms with van der Waals surface area (Å²) in [7, 11) is 0. The summed E-state index contributed by atoms with van der Waals surface area (Å²) < 4.78 is 0. The van der Waals surface area contributed by atoms with Gasteiger partial charge in [0.15, 0.2) is 0 Å². The minimum Gasteiger partial charge on any atom is -0.393 e. The van der Waals surface area contributed by atoms with Crippen molar-refractivity contribution in [2.45, 2.75) is 198 Å². The van der Waals surface area contributed by atoms with Gasteiger partial charge in [-0.15, -0.1) is 0 Å². The second kappa shape index (κ2) is 33.2. The van der Waals surface area contributed by atoms with E-state index in [4.69, 9.17) is 11.5 Å². The summed E-state index contributed by atoms with van der Waals surface area (Å²) in [5, 5.41) is 20.4. The quantitative estimate of drug-likeness (QED) is 0.0430. The van der Waals surface area contributed by atoms with Crippen LogP contribution in [0, 0.1) is 0 Å². The zero-order valence-electron chi connectivity index (χ0n) is 27.8. The van der Waals surface area contributed by atoms with Crippen molar-refractivity contribution in [1.29, 1.82) is 0 Å². The molecule has 0 heterocycles. The Hall–Kier alpha value is -1.66.